The van der Waals surface area contributed by atoms with Crippen LogP contribution in [0.4, 0.5) is 10.5 Å². The first kappa shape index (κ1) is 15.1. The molecule has 1 aromatic carbocycles. The van der Waals surface area contributed by atoms with Gasteiger partial charge in [-0.25, -0.2) is 4.79 Å². The van der Waals surface area contributed by atoms with Crippen LogP contribution in [0, 0.1) is 0 Å². The molecule has 1 unspecified atom stereocenters. The highest BCUT2D eigenvalue weighted by molar-refractivity contribution is 5.89. The van der Waals surface area contributed by atoms with Crippen molar-refractivity contribution in [3.63, 3.8) is 0 Å². The molecule has 6 nitrogen and oxygen atoms in total. The molecule has 6 heteroatoms. The van der Waals surface area contributed by atoms with Crippen molar-refractivity contribution in [2.24, 2.45) is 0 Å². The molecular formula is C16H24N4O2. The second-order valence-corrected chi connectivity index (χ2v) is 5.83. The van der Waals surface area contributed by atoms with E-state index in [1.165, 1.54) is 6.42 Å². The van der Waals surface area contributed by atoms with Crippen LogP contribution in [-0.2, 0) is 0 Å². The molecule has 0 bridgehead atoms. The standard InChI is InChI=1S/C16H24N4O2/c1-22-15-4-2-3-13(11-15)18-16(21)20-9-7-19(8-10-20)14-5-6-17-12-14/h2-4,11,14,17H,5-10,12H2,1H3,(H,18,21). The number of urea groups is 1. The summed E-state index contributed by atoms with van der Waals surface area (Å²) in [6, 6.07) is 8.06. The summed E-state index contributed by atoms with van der Waals surface area (Å²) in [5, 5.41) is 6.35. The van der Waals surface area contributed by atoms with Gasteiger partial charge >= 0.3 is 6.03 Å². The Morgan fingerprint density at radius 3 is 2.82 bits per heavy atom. The Bertz CT molecular complexity index is 509. The van der Waals surface area contributed by atoms with Crippen molar-refractivity contribution in [1.29, 1.82) is 0 Å². The van der Waals surface area contributed by atoms with Crippen molar-refractivity contribution in [2.75, 3.05) is 51.7 Å². The number of hydrogen-bond donors (Lipinski definition) is 2. The van der Waals surface area contributed by atoms with Gasteiger partial charge < -0.3 is 20.3 Å². The summed E-state index contributed by atoms with van der Waals surface area (Å²) in [5.41, 5.74) is 0.770. The molecule has 2 fully saturated rings. The minimum absolute atomic E-state index is 0.0301. The van der Waals surface area contributed by atoms with Gasteiger partial charge in [0.05, 0.1) is 7.11 Å². The fourth-order valence-corrected chi connectivity index (χ4v) is 3.14. The van der Waals surface area contributed by atoms with Crippen molar-refractivity contribution < 1.29 is 9.53 Å². The number of piperazine rings is 1. The van der Waals surface area contributed by atoms with Gasteiger partial charge in [0.25, 0.3) is 0 Å². The highest BCUT2D eigenvalue weighted by Gasteiger charge is 2.27. The van der Waals surface area contributed by atoms with Gasteiger partial charge in [0.1, 0.15) is 5.75 Å². The van der Waals surface area contributed by atoms with Gasteiger partial charge in [0.15, 0.2) is 0 Å². The fraction of sp³-hybridized carbons (Fsp3) is 0.562. The highest BCUT2D eigenvalue weighted by Crippen LogP contribution is 2.18. The summed E-state index contributed by atoms with van der Waals surface area (Å²) in [7, 11) is 1.62. The first-order chi connectivity index (χ1) is 10.8. The Hall–Kier alpha value is -1.79. The van der Waals surface area contributed by atoms with E-state index in [2.05, 4.69) is 15.5 Å². The van der Waals surface area contributed by atoms with Crippen LogP contribution in [0.2, 0.25) is 0 Å². The molecule has 0 radical (unpaired) electrons. The average molecular weight is 304 g/mol. The predicted molar refractivity (Wildman–Crippen MR) is 86.4 cm³/mol. The number of methoxy groups -OCH3 is 1. The summed E-state index contributed by atoms with van der Waals surface area (Å²) < 4.78 is 5.18. The number of ether oxygens (including phenoxy) is 1. The zero-order valence-electron chi connectivity index (χ0n) is 13.0. The topological polar surface area (TPSA) is 56.8 Å². The summed E-state index contributed by atoms with van der Waals surface area (Å²) in [6.45, 7) is 5.67. The number of amides is 2. The summed E-state index contributed by atoms with van der Waals surface area (Å²) in [4.78, 5) is 16.7. The van der Waals surface area contributed by atoms with Gasteiger partial charge in [0.2, 0.25) is 0 Å². The number of rotatable bonds is 3. The van der Waals surface area contributed by atoms with E-state index < -0.39 is 0 Å². The van der Waals surface area contributed by atoms with Gasteiger partial charge in [-0.1, -0.05) is 6.07 Å². The van der Waals surface area contributed by atoms with Crippen molar-refractivity contribution >= 4 is 11.7 Å². The third-order valence-electron chi connectivity index (χ3n) is 4.47. The number of nitrogens with zero attached hydrogens (tertiary/aromatic N) is 2. The van der Waals surface area contributed by atoms with Gasteiger partial charge in [-0.15, -0.1) is 0 Å². The molecule has 120 valence electrons. The summed E-state index contributed by atoms with van der Waals surface area (Å²) in [5.74, 6) is 0.747. The Balaban J connectivity index is 1.51. The van der Waals surface area contributed by atoms with E-state index in [1.807, 2.05) is 29.2 Å². The second kappa shape index (κ2) is 6.98. The monoisotopic (exact) mass is 304 g/mol. The largest absolute Gasteiger partial charge is 0.497 e. The molecule has 2 N–H and O–H groups in total. The Morgan fingerprint density at radius 1 is 1.32 bits per heavy atom. The number of anilines is 1. The van der Waals surface area contributed by atoms with E-state index in [1.54, 1.807) is 7.11 Å². The maximum Gasteiger partial charge on any atom is 0.321 e. The Kier molecular flexibility index (Phi) is 4.80. The molecule has 2 heterocycles. The zero-order valence-corrected chi connectivity index (χ0v) is 13.0. The number of benzene rings is 1. The lowest BCUT2D eigenvalue weighted by molar-refractivity contribution is 0.119. The third-order valence-corrected chi connectivity index (χ3v) is 4.47. The molecule has 0 aromatic heterocycles. The summed E-state index contributed by atoms with van der Waals surface area (Å²) in [6.07, 6.45) is 1.22. The van der Waals surface area contributed by atoms with Crippen molar-refractivity contribution in [3.05, 3.63) is 24.3 Å². The smallest absolute Gasteiger partial charge is 0.321 e. The minimum atomic E-state index is -0.0301. The lowest BCUT2D eigenvalue weighted by Crippen LogP contribution is -2.53. The van der Waals surface area contributed by atoms with Crippen molar-refractivity contribution in [2.45, 2.75) is 12.5 Å². The normalized spacial score (nSPS) is 22.6. The molecule has 3 rings (SSSR count). The maximum absolute atomic E-state index is 12.3. The van der Waals surface area contributed by atoms with Crippen LogP contribution >= 0.6 is 0 Å². The second-order valence-electron chi connectivity index (χ2n) is 5.83. The molecule has 0 saturated carbocycles. The van der Waals surface area contributed by atoms with E-state index in [4.69, 9.17) is 4.74 Å². The van der Waals surface area contributed by atoms with Crippen LogP contribution in [-0.4, -0.2) is 68.3 Å². The van der Waals surface area contributed by atoms with Gasteiger partial charge in [0, 0.05) is 50.5 Å². The Morgan fingerprint density at radius 2 is 2.14 bits per heavy atom. The quantitative estimate of drug-likeness (QED) is 0.881. The fourth-order valence-electron chi connectivity index (χ4n) is 3.14. The van der Waals surface area contributed by atoms with Crippen LogP contribution in [0.25, 0.3) is 0 Å². The number of hydrogen-bond acceptors (Lipinski definition) is 4. The minimum Gasteiger partial charge on any atom is -0.497 e. The first-order valence-corrected chi connectivity index (χ1v) is 7.91. The lowest BCUT2D eigenvalue weighted by atomic mass is 10.2. The molecule has 2 saturated heterocycles. The number of carbonyl (C=O) groups excluding carboxylic acids is 1. The third kappa shape index (κ3) is 3.51. The highest BCUT2D eigenvalue weighted by atomic mass is 16.5. The van der Waals surface area contributed by atoms with Gasteiger partial charge in [-0.2, -0.15) is 0 Å². The maximum atomic E-state index is 12.3. The van der Waals surface area contributed by atoms with Crippen molar-refractivity contribution in [1.82, 2.24) is 15.1 Å². The number of nitrogens with one attached hydrogen (secondary N) is 2. The molecule has 1 atom stereocenters. The Labute approximate surface area is 131 Å². The van der Waals surface area contributed by atoms with Crippen LogP contribution in [0.15, 0.2) is 24.3 Å². The number of carbonyl (C=O) groups is 1. The molecule has 22 heavy (non-hydrogen) atoms. The first-order valence-electron chi connectivity index (χ1n) is 7.91. The SMILES string of the molecule is COc1cccc(NC(=O)N2CCN(C3CCNC3)CC2)c1. The van der Waals surface area contributed by atoms with E-state index >= 15 is 0 Å². The van der Waals surface area contributed by atoms with E-state index in [9.17, 15) is 4.79 Å². The molecule has 2 amide bonds. The van der Waals surface area contributed by atoms with Crippen molar-refractivity contribution in [3.8, 4) is 5.75 Å². The van der Waals surface area contributed by atoms with Gasteiger partial charge in [-0.05, 0) is 25.1 Å². The molecular weight excluding hydrogens is 280 g/mol. The van der Waals surface area contributed by atoms with Crippen LogP contribution in [0.3, 0.4) is 0 Å². The lowest BCUT2D eigenvalue weighted by Gasteiger charge is -2.37. The van der Waals surface area contributed by atoms with E-state index in [0.717, 1.165) is 50.7 Å². The molecule has 1 aromatic rings. The zero-order chi connectivity index (χ0) is 15.4. The van der Waals surface area contributed by atoms with Crippen LogP contribution in [0.1, 0.15) is 6.42 Å². The summed E-state index contributed by atoms with van der Waals surface area (Å²) >= 11 is 0. The van der Waals surface area contributed by atoms with Gasteiger partial charge in [-0.3, -0.25) is 4.90 Å². The molecule has 0 aliphatic carbocycles. The predicted octanol–water partition coefficient (Wildman–Crippen LogP) is 1.21. The van der Waals surface area contributed by atoms with E-state index in [0.29, 0.717) is 6.04 Å². The van der Waals surface area contributed by atoms with Crippen LogP contribution < -0.4 is 15.4 Å². The van der Waals surface area contributed by atoms with E-state index in [-0.39, 0.29) is 6.03 Å². The molecule has 2 aliphatic rings. The average Bonchev–Trinajstić information content (AvgIpc) is 3.09. The molecule has 2 aliphatic heterocycles. The molecule has 0 spiro atoms. The van der Waals surface area contributed by atoms with Crippen LogP contribution in [0.5, 0.6) is 5.75 Å².